The molecule has 0 aromatic carbocycles. The molecule has 0 aliphatic rings. The van der Waals surface area contributed by atoms with Crippen LogP contribution in [0.4, 0.5) is 0 Å². The van der Waals surface area contributed by atoms with E-state index in [4.69, 9.17) is 5.73 Å². The number of nitrogens with zero attached hydrogens (tertiary/aromatic N) is 2. The van der Waals surface area contributed by atoms with Gasteiger partial charge in [-0.1, -0.05) is 0 Å². The number of hydrazone groups is 1. The van der Waals surface area contributed by atoms with E-state index in [9.17, 15) is 0 Å². The summed E-state index contributed by atoms with van der Waals surface area (Å²) in [7, 11) is 0. The topological polar surface area (TPSA) is 63.3 Å². The minimum atomic E-state index is 0.153. The number of aromatic nitrogens is 1. The van der Waals surface area contributed by atoms with Crippen molar-refractivity contribution in [1.82, 2.24) is 10.4 Å². The summed E-state index contributed by atoms with van der Waals surface area (Å²) in [6.45, 7) is 0. The van der Waals surface area contributed by atoms with E-state index < -0.39 is 0 Å². The minimum absolute atomic E-state index is 0.153. The van der Waals surface area contributed by atoms with Crippen LogP contribution in [-0.4, -0.2) is 16.3 Å². The fourth-order valence-corrected chi connectivity index (χ4v) is 0.673. The molecule has 0 aliphatic heterocycles. The quantitative estimate of drug-likeness (QED) is 0.389. The predicted octanol–water partition coefficient (Wildman–Crippen LogP) is 0.249. The van der Waals surface area contributed by atoms with Crippen molar-refractivity contribution in [2.45, 2.75) is 0 Å². The zero-order valence-electron chi connectivity index (χ0n) is 6.27. The van der Waals surface area contributed by atoms with Crippen LogP contribution in [0.1, 0.15) is 5.56 Å². The van der Waals surface area contributed by atoms with Gasteiger partial charge in [0.25, 0.3) is 0 Å². The summed E-state index contributed by atoms with van der Waals surface area (Å²) in [6.07, 6.45) is 4.98. The van der Waals surface area contributed by atoms with Gasteiger partial charge >= 0.3 is 0 Å². The Balaban J connectivity index is 2.52. The molecule has 1 aromatic rings. The van der Waals surface area contributed by atoms with Crippen molar-refractivity contribution in [1.29, 1.82) is 0 Å². The molecule has 0 aliphatic carbocycles. The first-order valence-electron chi connectivity index (χ1n) is 3.27. The molecular formula is C7H8N4S. The average molecular weight is 180 g/mol. The van der Waals surface area contributed by atoms with Crippen LogP contribution in [0.5, 0.6) is 0 Å². The third kappa shape index (κ3) is 3.07. The zero-order chi connectivity index (χ0) is 8.81. The number of pyridine rings is 1. The molecule has 0 radical (unpaired) electrons. The van der Waals surface area contributed by atoms with E-state index in [1.165, 1.54) is 0 Å². The van der Waals surface area contributed by atoms with Crippen LogP contribution in [0.3, 0.4) is 0 Å². The molecule has 0 spiro atoms. The van der Waals surface area contributed by atoms with E-state index >= 15 is 0 Å². The van der Waals surface area contributed by atoms with Crippen LogP contribution >= 0.6 is 12.2 Å². The van der Waals surface area contributed by atoms with Gasteiger partial charge in [0.1, 0.15) is 0 Å². The molecule has 0 unspecified atom stereocenters. The predicted molar refractivity (Wildman–Crippen MR) is 51.8 cm³/mol. The molecule has 0 atom stereocenters. The number of hydrogen-bond acceptors (Lipinski definition) is 3. The van der Waals surface area contributed by atoms with Gasteiger partial charge in [-0.25, -0.2) is 0 Å². The molecule has 0 saturated heterocycles. The molecule has 0 saturated carbocycles. The molecule has 12 heavy (non-hydrogen) atoms. The Hall–Kier alpha value is -1.49. The van der Waals surface area contributed by atoms with Crippen LogP contribution in [-0.2, 0) is 0 Å². The lowest BCUT2D eigenvalue weighted by molar-refractivity contribution is 1.04. The molecule has 4 nitrogen and oxygen atoms in total. The molecule has 1 heterocycles. The Bertz CT molecular complexity index is 283. The van der Waals surface area contributed by atoms with E-state index in [0.29, 0.717) is 0 Å². The molecule has 5 heteroatoms. The fourth-order valence-electron chi connectivity index (χ4n) is 0.620. The monoisotopic (exact) mass is 180 g/mol. The summed E-state index contributed by atoms with van der Waals surface area (Å²) in [4.78, 5) is 3.86. The number of rotatable bonds is 2. The maximum Gasteiger partial charge on any atom is 0.184 e. The van der Waals surface area contributed by atoms with E-state index in [-0.39, 0.29) is 5.11 Å². The third-order valence-electron chi connectivity index (χ3n) is 1.09. The van der Waals surface area contributed by atoms with E-state index in [2.05, 4.69) is 27.7 Å². The summed E-state index contributed by atoms with van der Waals surface area (Å²) in [5.74, 6) is 0. The van der Waals surface area contributed by atoms with Crippen molar-refractivity contribution < 1.29 is 0 Å². The van der Waals surface area contributed by atoms with Crippen LogP contribution in [0.2, 0.25) is 0 Å². The smallest absolute Gasteiger partial charge is 0.184 e. The van der Waals surface area contributed by atoms with Crippen molar-refractivity contribution in [3.8, 4) is 0 Å². The second-order valence-corrected chi connectivity index (χ2v) is 2.45. The Kier molecular flexibility index (Phi) is 3.16. The van der Waals surface area contributed by atoms with E-state index in [1.807, 2.05) is 12.1 Å². The molecular weight excluding hydrogens is 172 g/mol. The Morgan fingerprint density at radius 1 is 1.58 bits per heavy atom. The number of nitrogens with two attached hydrogens (primary N) is 1. The Morgan fingerprint density at radius 2 is 2.25 bits per heavy atom. The molecule has 1 rings (SSSR count). The highest BCUT2D eigenvalue weighted by molar-refractivity contribution is 7.80. The third-order valence-corrected chi connectivity index (χ3v) is 1.19. The molecule has 62 valence electrons. The maximum absolute atomic E-state index is 5.15. The van der Waals surface area contributed by atoms with Crippen LogP contribution in [0.15, 0.2) is 29.6 Å². The summed E-state index contributed by atoms with van der Waals surface area (Å²) in [6, 6.07) is 3.65. The van der Waals surface area contributed by atoms with Gasteiger partial charge in [-0.2, -0.15) is 5.10 Å². The largest absolute Gasteiger partial charge is 0.375 e. The van der Waals surface area contributed by atoms with Crippen molar-refractivity contribution in [3.05, 3.63) is 30.1 Å². The van der Waals surface area contributed by atoms with Gasteiger partial charge in [0.15, 0.2) is 5.11 Å². The number of nitrogens with one attached hydrogen (secondary N) is 1. The lowest BCUT2D eigenvalue weighted by Gasteiger charge is -1.93. The van der Waals surface area contributed by atoms with Crippen LogP contribution < -0.4 is 11.2 Å². The average Bonchev–Trinajstić information content (AvgIpc) is 2.05. The summed E-state index contributed by atoms with van der Waals surface area (Å²) in [5.41, 5.74) is 8.54. The second kappa shape index (κ2) is 4.40. The minimum Gasteiger partial charge on any atom is -0.375 e. The number of hydrogen-bond donors (Lipinski definition) is 2. The maximum atomic E-state index is 5.15. The first kappa shape index (κ1) is 8.61. The van der Waals surface area contributed by atoms with Crippen molar-refractivity contribution in [2.24, 2.45) is 10.8 Å². The van der Waals surface area contributed by atoms with Crippen LogP contribution in [0, 0.1) is 0 Å². The zero-order valence-corrected chi connectivity index (χ0v) is 7.08. The highest BCUT2D eigenvalue weighted by Gasteiger charge is 1.83. The van der Waals surface area contributed by atoms with Gasteiger partial charge in [0, 0.05) is 12.4 Å². The van der Waals surface area contributed by atoms with Gasteiger partial charge in [-0.05, 0) is 29.9 Å². The highest BCUT2D eigenvalue weighted by atomic mass is 32.1. The molecule has 3 N–H and O–H groups in total. The summed E-state index contributed by atoms with van der Waals surface area (Å²) in [5, 5.41) is 3.93. The highest BCUT2D eigenvalue weighted by Crippen LogP contribution is 1.89. The van der Waals surface area contributed by atoms with E-state index in [0.717, 1.165) is 5.56 Å². The van der Waals surface area contributed by atoms with Gasteiger partial charge in [0.05, 0.1) is 6.21 Å². The molecule has 0 amide bonds. The number of thiocarbonyl (C=S) groups is 1. The van der Waals surface area contributed by atoms with Crippen molar-refractivity contribution in [2.75, 3.05) is 0 Å². The lowest BCUT2D eigenvalue weighted by Crippen LogP contribution is -2.23. The Morgan fingerprint density at radius 3 is 2.83 bits per heavy atom. The van der Waals surface area contributed by atoms with Crippen LogP contribution in [0.25, 0.3) is 0 Å². The summed E-state index contributed by atoms with van der Waals surface area (Å²) < 4.78 is 0. The van der Waals surface area contributed by atoms with Gasteiger partial charge < -0.3 is 5.73 Å². The standard InChI is InChI=1S/C7H8N4S/c8-7(12)11-10-5-6-1-3-9-4-2-6/h1-5H,(H3,8,11,12)/b10-5+. The van der Waals surface area contributed by atoms with Crippen molar-refractivity contribution >= 4 is 23.5 Å². The second-order valence-electron chi connectivity index (χ2n) is 2.01. The van der Waals surface area contributed by atoms with Gasteiger partial charge in [-0.15, -0.1) is 0 Å². The molecule has 0 bridgehead atoms. The fraction of sp³-hybridized carbons (Fsp3) is 0. The first-order valence-corrected chi connectivity index (χ1v) is 3.68. The molecule has 0 fully saturated rings. The Labute approximate surface area is 75.5 Å². The van der Waals surface area contributed by atoms with E-state index in [1.54, 1.807) is 18.6 Å². The lowest BCUT2D eigenvalue weighted by atomic mass is 10.3. The first-order chi connectivity index (χ1) is 5.79. The van der Waals surface area contributed by atoms with Gasteiger partial charge in [-0.3, -0.25) is 10.4 Å². The normalized spacial score (nSPS) is 10.0. The SMILES string of the molecule is NC(=S)N/N=C/c1ccncc1. The van der Waals surface area contributed by atoms with Gasteiger partial charge in [0.2, 0.25) is 0 Å². The summed E-state index contributed by atoms with van der Waals surface area (Å²) >= 11 is 4.55. The van der Waals surface area contributed by atoms with Crippen molar-refractivity contribution in [3.63, 3.8) is 0 Å². The molecule has 1 aromatic heterocycles.